The molecule has 0 atom stereocenters. The van der Waals surface area contributed by atoms with Crippen molar-refractivity contribution in [2.45, 2.75) is 12.7 Å². The van der Waals surface area contributed by atoms with Crippen LogP contribution in [0.15, 0.2) is 54.6 Å². The van der Waals surface area contributed by atoms with Crippen LogP contribution in [0.5, 0.6) is 0 Å². The molecule has 0 unspecified atom stereocenters. The number of nitrogens with one attached hydrogen (secondary N) is 2. The maximum absolute atomic E-state index is 12.4. The molecule has 4 nitrogen and oxygen atoms in total. The molecule has 0 bridgehead atoms. The summed E-state index contributed by atoms with van der Waals surface area (Å²) in [6.45, 7) is 0.0719. The minimum atomic E-state index is -4.45. The lowest BCUT2D eigenvalue weighted by atomic mass is 10.1. The predicted octanol–water partition coefficient (Wildman–Crippen LogP) is 2.75. The summed E-state index contributed by atoms with van der Waals surface area (Å²) in [5.74, 6) is -1.00. The highest BCUT2D eigenvalue weighted by Crippen LogP contribution is 2.28. The molecule has 0 saturated carbocycles. The zero-order valence-electron chi connectivity index (χ0n) is 12.6. The first kappa shape index (κ1) is 17.5. The number of carbonyl (C=O) groups excluding carboxylic acids is 2. The summed E-state index contributed by atoms with van der Waals surface area (Å²) < 4.78 is 37.3. The summed E-state index contributed by atoms with van der Waals surface area (Å²) in [5.41, 5.74) is 0.137. The normalized spacial score (nSPS) is 11.0. The second kappa shape index (κ2) is 7.63. The van der Waals surface area contributed by atoms with E-state index in [1.807, 2.05) is 30.3 Å². The van der Waals surface area contributed by atoms with Gasteiger partial charge in [-0.3, -0.25) is 9.59 Å². The van der Waals surface area contributed by atoms with Crippen molar-refractivity contribution >= 4 is 11.8 Å². The second-order valence-corrected chi connectivity index (χ2v) is 5.02. The quantitative estimate of drug-likeness (QED) is 0.882. The molecule has 0 spiro atoms. The fourth-order valence-corrected chi connectivity index (χ4v) is 1.93. The molecule has 24 heavy (non-hydrogen) atoms. The average Bonchev–Trinajstić information content (AvgIpc) is 2.58. The first-order valence-electron chi connectivity index (χ1n) is 7.12. The van der Waals surface area contributed by atoms with E-state index in [4.69, 9.17) is 0 Å². The monoisotopic (exact) mass is 336 g/mol. The lowest BCUT2D eigenvalue weighted by molar-refractivity contribution is -0.137. The molecule has 0 heterocycles. The highest BCUT2D eigenvalue weighted by atomic mass is 19.4. The van der Waals surface area contributed by atoms with Crippen LogP contribution >= 0.6 is 0 Å². The van der Waals surface area contributed by atoms with E-state index in [1.54, 1.807) is 0 Å². The number of alkyl halides is 3. The molecule has 0 aromatic heterocycles. The fourth-order valence-electron chi connectivity index (χ4n) is 1.93. The molecule has 2 rings (SSSR count). The highest BCUT2D eigenvalue weighted by molar-refractivity contribution is 5.96. The van der Waals surface area contributed by atoms with Crippen LogP contribution in [0.25, 0.3) is 0 Å². The van der Waals surface area contributed by atoms with Crippen LogP contribution < -0.4 is 10.6 Å². The van der Waals surface area contributed by atoms with E-state index in [0.717, 1.165) is 29.8 Å². The SMILES string of the molecule is O=C(CNC(=O)c1ccc(C(F)(F)F)cc1)NCc1ccccc1. The summed E-state index contributed by atoms with van der Waals surface area (Å²) >= 11 is 0. The third kappa shape index (κ3) is 5.12. The number of hydrogen-bond acceptors (Lipinski definition) is 2. The van der Waals surface area contributed by atoms with E-state index >= 15 is 0 Å². The zero-order valence-corrected chi connectivity index (χ0v) is 12.6. The van der Waals surface area contributed by atoms with Crippen LogP contribution in [0, 0.1) is 0 Å². The molecule has 2 N–H and O–H groups in total. The number of benzene rings is 2. The number of halogens is 3. The molecule has 2 aromatic rings. The molecule has 0 aliphatic heterocycles. The molecular weight excluding hydrogens is 321 g/mol. The first-order chi connectivity index (χ1) is 11.4. The highest BCUT2D eigenvalue weighted by Gasteiger charge is 2.30. The van der Waals surface area contributed by atoms with Crippen LogP contribution in [0.1, 0.15) is 21.5 Å². The van der Waals surface area contributed by atoms with E-state index in [9.17, 15) is 22.8 Å². The summed E-state index contributed by atoms with van der Waals surface area (Å²) in [6.07, 6.45) is -4.45. The fraction of sp³-hybridized carbons (Fsp3) is 0.176. The van der Waals surface area contributed by atoms with Crippen molar-refractivity contribution in [2.75, 3.05) is 6.54 Å². The number of hydrogen-bond donors (Lipinski definition) is 2. The van der Waals surface area contributed by atoms with E-state index in [2.05, 4.69) is 10.6 Å². The van der Waals surface area contributed by atoms with Crippen LogP contribution in [0.2, 0.25) is 0 Å². The lowest BCUT2D eigenvalue weighted by Gasteiger charge is -2.09. The molecule has 0 aliphatic rings. The summed E-state index contributed by atoms with van der Waals surface area (Å²) in [7, 11) is 0. The smallest absolute Gasteiger partial charge is 0.350 e. The third-order valence-corrected chi connectivity index (χ3v) is 3.22. The van der Waals surface area contributed by atoms with E-state index < -0.39 is 17.6 Å². The van der Waals surface area contributed by atoms with Gasteiger partial charge in [0.2, 0.25) is 5.91 Å². The Hall–Kier alpha value is -2.83. The van der Waals surface area contributed by atoms with Gasteiger partial charge in [-0.15, -0.1) is 0 Å². The van der Waals surface area contributed by atoms with E-state index in [-0.39, 0.29) is 18.0 Å². The second-order valence-electron chi connectivity index (χ2n) is 5.02. The van der Waals surface area contributed by atoms with Gasteiger partial charge in [-0.1, -0.05) is 30.3 Å². The number of carbonyl (C=O) groups is 2. The maximum atomic E-state index is 12.4. The van der Waals surface area contributed by atoms with Crippen LogP contribution in [0.3, 0.4) is 0 Å². The number of amides is 2. The van der Waals surface area contributed by atoms with Crippen LogP contribution in [-0.2, 0) is 17.5 Å². The summed E-state index contributed by atoms with van der Waals surface area (Å²) in [5, 5.41) is 4.99. The standard InChI is InChI=1S/C17H15F3N2O2/c18-17(19,20)14-8-6-13(7-9-14)16(24)22-11-15(23)21-10-12-4-2-1-3-5-12/h1-9H,10-11H2,(H,21,23)(H,22,24). The van der Waals surface area contributed by atoms with Crippen LogP contribution in [0.4, 0.5) is 13.2 Å². The lowest BCUT2D eigenvalue weighted by Crippen LogP contribution is -2.36. The molecular formula is C17H15F3N2O2. The minimum Gasteiger partial charge on any atom is -0.350 e. The van der Waals surface area contributed by atoms with Crippen molar-refractivity contribution in [3.05, 3.63) is 71.3 Å². The zero-order chi connectivity index (χ0) is 17.6. The number of rotatable bonds is 5. The van der Waals surface area contributed by atoms with Gasteiger partial charge in [0.25, 0.3) is 5.91 Å². The van der Waals surface area contributed by atoms with Crippen molar-refractivity contribution in [3.63, 3.8) is 0 Å². The van der Waals surface area contributed by atoms with Crippen molar-refractivity contribution in [1.29, 1.82) is 0 Å². The van der Waals surface area contributed by atoms with Gasteiger partial charge in [0.1, 0.15) is 0 Å². The Bertz CT molecular complexity index is 698. The molecule has 0 radical (unpaired) electrons. The predicted molar refractivity (Wildman–Crippen MR) is 82.1 cm³/mol. The topological polar surface area (TPSA) is 58.2 Å². The van der Waals surface area contributed by atoms with Gasteiger partial charge in [0.05, 0.1) is 12.1 Å². The summed E-state index contributed by atoms with van der Waals surface area (Å²) in [6, 6.07) is 13.0. The van der Waals surface area contributed by atoms with Crippen LogP contribution in [-0.4, -0.2) is 18.4 Å². The minimum absolute atomic E-state index is 0.0545. The van der Waals surface area contributed by atoms with E-state index in [1.165, 1.54) is 0 Å². The first-order valence-corrected chi connectivity index (χ1v) is 7.12. The molecule has 7 heteroatoms. The Morgan fingerprint density at radius 3 is 2.08 bits per heavy atom. The van der Waals surface area contributed by atoms with Gasteiger partial charge < -0.3 is 10.6 Å². The molecule has 0 fully saturated rings. The largest absolute Gasteiger partial charge is 0.416 e. The summed E-state index contributed by atoms with van der Waals surface area (Å²) in [4.78, 5) is 23.5. The maximum Gasteiger partial charge on any atom is 0.416 e. The third-order valence-electron chi connectivity index (χ3n) is 3.22. The van der Waals surface area contributed by atoms with Gasteiger partial charge >= 0.3 is 6.18 Å². The molecule has 2 amide bonds. The Labute approximate surface area is 136 Å². The van der Waals surface area contributed by atoms with Gasteiger partial charge in [-0.2, -0.15) is 13.2 Å². The van der Waals surface area contributed by atoms with Crippen molar-refractivity contribution in [3.8, 4) is 0 Å². The van der Waals surface area contributed by atoms with Gasteiger partial charge in [0.15, 0.2) is 0 Å². The van der Waals surface area contributed by atoms with E-state index in [0.29, 0.717) is 6.54 Å². The van der Waals surface area contributed by atoms with Gasteiger partial charge in [-0.25, -0.2) is 0 Å². The Morgan fingerprint density at radius 1 is 0.875 bits per heavy atom. The molecule has 2 aromatic carbocycles. The molecule has 0 aliphatic carbocycles. The van der Waals surface area contributed by atoms with Gasteiger partial charge in [0, 0.05) is 12.1 Å². The van der Waals surface area contributed by atoms with Crippen molar-refractivity contribution in [1.82, 2.24) is 10.6 Å². The Morgan fingerprint density at radius 2 is 1.50 bits per heavy atom. The van der Waals surface area contributed by atoms with Crippen molar-refractivity contribution in [2.24, 2.45) is 0 Å². The Balaban J connectivity index is 1.81. The Kier molecular flexibility index (Phi) is 5.57. The van der Waals surface area contributed by atoms with Crippen molar-refractivity contribution < 1.29 is 22.8 Å². The average molecular weight is 336 g/mol. The van der Waals surface area contributed by atoms with Gasteiger partial charge in [-0.05, 0) is 29.8 Å². The molecule has 0 saturated heterocycles. The molecule has 126 valence electrons.